The third kappa shape index (κ3) is 2.30. The Hall–Kier alpha value is -1.85. The molecule has 1 atom stereocenters. The molecule has 2 rings (SSSR count). The minimum absolute atomic E-state index is 0.00903. The van der Waals surface area contributed by atoms with E-state index in [0.29, 0.717) is 19.6 Å². The standard InChI is InChI=1S/C11H15N3O3/c1-8-7-13(9(2)15)5-6-14(8)11(16)10-3-4-12-17-10/h3-4,8H,5-7H2,1-2H3. The lowest BCUT2D eigenvalue weighted by molar-refractivity contribution is -0.131. The zero-order chi connectivity index (χ0) is 12.4. The molecule has 0 radical (unpaired) electrons. The minimum atomic E-state index is -0.168. The van der Waals surface area contributed by atoms with Crippen molar-refractivity contribution < 1.29 is 14.1 Å². The van der Waals surface area contributed by atoms with Crippen LogP contribution < -0.4 is 0 Å². The summed E-state index contributed by atoms with van der Waals surface area (Å²) in [5.41, 5.74) is 0. The quantitative estimate of drug-likeness (QED) is 0.707. The Morgan fingerprint density at radius 2 is 2.24 bits per heavy atom. The van der Waals surface area contributed by atoms with Crippen LogP contribution in [0.2, 0.25) is 0 Å². The highest BCUT2D eigenvalue weighted by Crippen LogP contribution is 2.13. The normalized spacial score (nSPS) is 20.5. The summed E-state index contributed by atoms with van der Waals surface area (Å²) < 4.78 is 4.85. The summed E-state index contributed by atoms with van der Waals surface area (Å²) in [6.45, 7) is 5.12. The second-order valence-electron chi connectivity index (χ2n) is 4.19. The number of carbonyl (C=O) groups excluding carboxylic acids is 2. The Bertz CT molecular complexity index is 416. The highest BCUT2D eigenvalue weighted by atomic mass is 16.5. The molecule has 1 aliphatic rings. The topological polar surface area (TPSA) is 66.7 Å². The molecule has 0 bridgehead atoms. The van der Waals surface area contributed by atoms with E-state index in [1.165, 1.54) is 6.20 Å². The van der Waals surface area contributed by atoms with Gasteiger partial charge in [-0.2, -0.15) is 0 Å². The number of piperazine rings is 1. The van der Waals surface area contributed by atoms with Gasteiger partial charge in [0.05, 0.1) is 6.20 Å². The van der Waals surface area contributed by atoms with Gasteiger partial charge in [-0.3, -0.25) is 9.59 Å². The van der Waals surface area contributed by atoms with Gasteiger partial charge in [0, 0.05) is 38.7 Å². The first-order valence-electron chi connectivity index (χ1n) is 5.56. The van der Waals surface area contributed by atoms with Gasteiger partial charge in [-0.05, 0) is 6.92 Å². The van der Waals surface area contributed by atoms with Crippen LogP contribution in [0.15, 0.2) is 16.8 Å². The van der Waals surface area contributed by atoms with E-state index in [-0.39, 0.29) is 23.6 Å². The van der Waals surface area contributed by atoms with Crippen molar-refractivity contribution >= 4 is 11.8 Å². The number of amides is 2. The first-order chi connectivity index (χ1) is 8.09. The van der Waals surface area contributed by atoms with E-state index >= 15 is 0 Å². The number of hydrogen-bond acceptors (Lipinski definition) is 4. The minimum Gasteiger partial charge on any atom is -0.351 e. The molecule has 0 spiro atoms. The zero-order valence-corrected chi connectivity index (χ0v) is 9.92. The molecule has 0 N–H and O–H groups in total. The van der Waals surface area contributed by atoms with Gasteiger partial charge in [0.15, 0.2) is 0 Å². The highest BCUT2D eigenvalue weighted by Gasteiger charge is 2.30. The fraction of sp³-hybridized carbons (Fsp3) is 0.545. The number of rotatable bonds is 1. The van der Waals surface area contributed by atoms with Crippen molar-refractivity contribution in [3.05, 3.63) is 18.0 Å². The highest BCUT2D eigenvalue weighted by molar-refractivity contribution is 5.91. The molecular formula is C11H15N3O3. The zero-order valence-electron chi connectivity index (χ0n) is 9.92. The van der Waals surface area contributed by atoms with E-state index in [4.69, 9.17) is 4.52 Å². The lowest BCUT2D eigenvalue weighted by Crippen LogP contribution is -2.55. The molecule has 2 heterocycles. The van der Waals surface area contributed by atoms with Gasteiger partial charge in [-0.25, -0.2) is 0 Å². The Morgan fingerprint density at radius 1 is 1.47 bits per heavy atom. The molecule has 1 aromatic heterocycles. The summed E-state index contributed by atoms with van der Waals surface area (Å²) in [7, 11) is 0. The molecule has 1 unspecified atom stereocenters. The number of carbonyl (C=O) groups is 2. The van der Waals surface area contributed by atoms with Crippen molar-refractivity contribution in [2.45, 2.75) is 19.9 Å². The van der Waals surface area contributed by atoms with E-state index in [1.54, 1.807) is 22.8 Å². The van der Waals surface area contributed by atoms with Crippen LogP contribution in [0, 0.1) is 0 Å². The van der Waals surface area contributed by atoms with Gasteiger partial charge < -0.3 is 14.3 Å². The summed E-state index contributed by atoms with van der Waals surface area (Å²) >= 11 is 0. The molecule has 0 aromatic carbocycles. The molecule has 1 aliphatic heterocycles. The summed E-state index contributed by atoms with van der Waals surface area (Å²) in [4.78, 5) is 26.7. The second kappa shape index (κ2) is 4.57. The van der Waals surface area contributed by atoms with E-state index in [9.17, 15) is 9.59 Å². The van der Waals surface area contributed by atoms with Gasteiger partial charge in [0.2, 0.25) is 11.7 Å². The first-order valence-corrected chi connectivity index (χ1v) is 5.56. The van der Waals surface area contributed by atoms with Crippen LogP contribution in [0.5, 0.6) is 0 Å². The Labute approximate surface area is 99.2 Å². The number of aromatic nitrogens is 1. The lowest BCUT2D eigenvalue weighted by Gasteiger charge is -2.38. The maximum Gasteiger partial charge on any atom is 0.292 e. The fourth-order valence-electron chi connectivity index (χ4n) is 2.01. The molecule has 2 amide bonds. The molecular weight excluding hydrogens is 222 g/mol. The molecule has 1 aromatic rings. The molecule has 17 heavy (non-hydrogen) atoms. The second-order valence-corrected chi connectivity index (χ2v) is 4.19. The van der Waals surface area contributed by atoms with E-state index in [0.717, 1.165) is 0 Å². The smallest absolute Gasteiger partial charge is 0.292 e. The Balaban J connectivity index is 2.05. The van der Waals surface area contributed by atoms with Gasteiger partial charge in [-0.15, -0.1) is 0 Å². The third-order valence-corrected chi connectivity index (χ3v) is 2.98. The van der Waals surface area contributed by atoms with Gasteiger partial charge in [0.1, 0.15) is 0 Å². The molecule has 1 fully saturated rings. The first kappa shape index (κ1) is 11.6. The van der Waals surface area contributed by atoms with E-state index in [2.05, 4.69) is 5.16 Å². The SMILES string of the molecule is CC(=O)N1CCN(C(=O)c2ccno2)C(C)C1. The predicted octanol–water partition coefficient (Wildman–Crippen LogP) is 0.367. The third-order valence-electron chi connectivity index (χ3n) is 2.98. The van der Waals surface area contributed by atoms with Crippen LogP contribution in [0.1, 0.15) is 24.4 Å². The lowest BCUT2D eigenvalue weighted by atomic mass is 10.1. The van der Waals surface area contributed by atoms with E-state index in [1.807, 2.05) is 6.92 Å². The molecule has 92 valence electrons. The maximum atomic E-state index is 12.0. The number of hydrogen-bond donors (Lipinski definition) is 0. The summed E-state index contributed by atoms with van der Waals surface area (Å²) in [6, 6.07) is 1.54. The van der Waals surface area contributed by atoms with Crippen molar-refractivity contribution in [1.82, 2.24) is 15.0 Å². The monoisotopic (exact) mass is 237 g/mol. The number of nitrogens with zero attached hydrogens (tertiary/aromatic N) is 3. The Morgan fingerprint density at radius 3 is 2.76 bits per heavy atom. The summed E-state index contributed by atoms with van der Waals surface area (Å²) in [5, 5.41) is 3.52. The van der Waals surface area contributed by atoms with Gasteiger partial charge in [0.25, 0.3) is 5.91 Å². The van der Waals surface area contributed by atoms with Crippen molar-refractivity contribution in [3.8, 4) is 0 Å². The maximum absolute atomic E-state index is 12.0. The van der Waals surface area contributed by atoms with Crippen molar-refractivity contribution in [1.29, 1.82) is 0 Å². The molecule has 1 saturated heterocycles. The van der Waals surface area contributed by atoms with Crippen molar-refractivity contribution in [2.75, 3.05) is 19.6 Å². The summed E-state index contributed by atoms with van der Waals surface area (Å²) in [5.74, 6) is 0.120. The molecule has 0 aliphatic carbocycles. The Kier molecular flexibility index (Phi) is 3.12. The van der Waals surface area contributed by atoms with Crippen molar-refractivity contribution in [3.63, 3.8) is 0 Å². The molecule has 6 nitrogen and oxygen atoms in total. The van der Waals surface area contributed by atoms with Gasteiger partial charge >= 0.3 is 0 Å². The largest absolute Gasteiger partial charge is 0.351 e. The van der Waals surface area contributed by atoms with Crippen LogP contribution in [-0.2, 0) is 4.79 Å². The van der Waals surface area contributed by atoms with Crippen LogP contribution in [0.3, 0.4) is 0 Å². The van der Waals surface area contributed by atoms with Crippen LogP contribution in [-0.4, -0.2) is 52.4 Å². The van der Waals surface area contributed by atoms with Gasteiger partial charge in [-0.1, -0.05) is 5.16 Å². The average Bonchev–Trinajstić information content (AvgIpc) is 2.81. The average molecular weight is 237 g/mol. The molecule has 6 heteroatoms. The van der Waals surface area contributed by atoms with Crippen molar-refractivity contribution in [2.24, 2.45) is 0 Å². The predicted molar refractivity (Wildman–Crippen MR) is 59.3 cm³/mol. The molecule has 0 saturated carbocycles. The fourth-order valence-corrected chi connectivity index (χ4v) is 2.01. The summed E-state index contributed by atoms with van der Waals surface area (Å²) in [6.07, 6.45) is 1.45. The van der Waals surface area contributed by atoms with E-state index < -0.39 is 0 Å². The van der Waals surface area contributed by atoms with Crippen LogP contribution in [0.25, 0.3) is 0 Å². The van der Waals surface area contributed by atoms with Crippen LogP contribution >= 0.6 is 0 Å². The van der Waals surface area contributed by atoms with Crippen LogP contribution in [0.4, 0.5) is 0 Å².